The van der Waals surface area contributed by atoms with E-state index < -0.39 is 17.8 Å². The number of ether oxygens (including phenoxy) is 2. The average molecular weight is 1210 g/mol. The molecule has 0 spiro atoms. The Bertz CT molecular complexity index is 3190. The monoisotopic (exact) mass is 1210 g/mol. The summed E-state index contributed by atoms with van der Waals surface area (Å²) in [6, 6.07) is 28.0. The lowest BCUT2D eigenvalue weighted by Gasteiger charge is -2.20. The molecule has 0 radical (unpaired) electrons. The zero-order chi connectivity index (χ0) is 60.4. The van der Waals surface area contributed by atoms with Crippen LogP contribution in [0.1, 0.15) is 121 Å². The van der Waals surface area contributed by atoms with E-state index in [1.807, 2.05) is 103 Å². The fourth-order valence-electron chi connectivity index (χ4n) is 10.9. The van der Waals surface area contributed by atoms with Gasteiger partial charge in [0.05, 0.1) is 37.2 Å². The highest BCUT2D eigenvalue weighted by Crippen LogP contribution is 2.44. The van der Waals surface area contributed by atoms with Crippen LogP contribution in [-0.4, -0.2) is 115 Å². The van der Waals surface area contributed by atoms with Crippen LogP contribution in [0.3, 0.4) is 0 Å². The summed E-state index contributed by atoms with van der Waals surface area (Å²) >= 11 is 3.60. The Morgan fingerprint density at radius 2 is 1.03 bits per heavy atom. The molecule has 5 aromatic rings. The quantitative estimate of drug-likeness (QED) is 0.0192. The number of rotatable bonds is 24. The van der Waals surface area contributed by atoms with Crippen LogP contribution in [0.25, 0.3) is 22.5 Å². The number of anilines is 2. The zero-order valence-electron chi connectivity index (χ0n) is 48.4. The lowest BCUT2D eigenvalue weighted by Crippen LogP contribution is -2.38. The largest absolute Gasteiger partial charge is 0.466 e. The Morgan fingerprint density at radius 3 is 1.50 bits per heavy atom. The number of nitrogens with one attached hydrogen (secondary N) is 2. The summed E-state index contributed by atoms with van der Waals surface area (Å²) in [7, 11) is 0. The molecule has 20 nitrogen and oxygen atoms in total. The molecule has 6 aliphatic rings. The SMILES string of the molecule is C1=CCC=CC1.CC(=O)CCc1nc(-c2ccccc2)c(N2C(=O)NC3C(CCCCC(=O)ON4C(=O)CCC4=O)SCC32)o1.CCOC(=O)CCc1nc(-c2ccccc2)c(N2C(=O)NC3C(CCCCC(=O)OCc4ccccc4)SCC32)o1. The molecule has 6 amide bonds. The number of ketones is 1. The first-order valence-corrected chi connectivity index (χ1v) is 31.7. The van der Waals surface area contributed by atoms with E-state index >= 15 is 0 Å². The minimum Gasteiger partial charge on any atom is -0.466 e. The van der Waals surface area contributed by atoms with Crippen LogP contribution in [0.4, 0.5) is 21.4 Å². The fraction of sp³-hybridized carbons (Fsp3) is 0.438. The molecule has 6 atom stereocenters. The molecule has 2 aromatic heterocycles. The average Bonchev–Trinajstić information content (AvgIpc) is 1.74. The normalized spacial score (nSPS) is 20.8. The number of urea groups is 2. The predicted octanol–water partition coefficient (Wildman–Crippen LogP) is 10.8. The van der Waals surface area contributed by atoms with Crippen molar-refractivity contribution in [2.24, 2.45) is 0 Å². The highest BCUT2D eigenvalue weighted by molar-refractivity contribution is 8.00. The highest BCUT2D eigenvalue weighted by Gasteiger charge is 2.52. The van der Waals surface area contributed by atoms with Crippen molar-refractivity contribution >= 4 is 82.9 Å². The molecule has 2 N–H and O–H groups in total. The highest BCUT2D eigenvalue weighted by atomic mass is 32.2. The number of aryl methyl sites for hydroxylation is 2. The Hall–Kier alpha value is -7.98. The summed E-state index contributed by atoms with van der Waals surface area (Å²) in [5, 5.41) is 7.24. The number of aromatic nitrogens is 2. The molecule has 0 saturated carbocycles. The van der Waals surface area contributed by atoms with Gasteiger partial charge in [-0.05, 0) is 57.9 Å². The second kappa shape index (κ2) is 30.9. The van der Waals surface area contributed by atoms with Gasteiger partial charge in [-0.2, -0.15) is 23.5 Å². The van der Waals surface area contributed by atoms with Crippen LogP contribution in [0, 0.1) is 0 Å². The molecule has 1 aliphatic carbocycles. The first-order valence-electron chi connectivity index (χ1n) is 29.6. The number of benzene rings is 3. The molecule has 22 heteroatoms. The number of hydroxylamine groups is 2. The van der Waals surface area contributed by atoms with Crippen LogP contribution in [0.5, 0.6) is 0 Å². The number of oxazole rings is 2. The van der Waals surface area contributed by atoms with Crippen molar-refractivity contribution in [2.45, 2.75) is 158 Å². The molecular weight excluding hydrogens is 1140 g/mol. The maximum Gasteiger partial charge on any atom is 0.333 e. The standard InChI is InChI=1S/C31H35N3O6S.C27H30N4O7S.C6H8/c1-2-38-27(36)18-17-25-32-28(22-13-7-4-8-14-22)30(40-25)34-23-20-41-24(29(23)33-31(34)37)15-9-10-16-26(35)39-19-21-11-5-3-6-12-21;1-16(32)11-12-20-28-24(17-7-3-2-4-8-17)26(37-20)30-18-15-39-19(25(18)29-27(30)36)9-5-6-10-23(35)38-31-21(33)13-14-22(31)34;1-2-4-6-5-3-1/h3-8,11-14,23-24,29H,2,9-10,15-20H2,1H3,(H,33,37);2-4,7-8,18-19,25H,5-6,9-15H2,1H3,(H,29,36);1-2,5-6H,3-4H2. The number of imide groups is 1. The van der Waals surface area contributed by atoms with Crippen molar-refractivity contribution in [3.8, 4) is 22.5 Å². The molecule has 7 heterocycles. The van der Waals surface area contributed by atoms with Gasteiger partial charge >= 0.3 is 30.0 Å². The second-order valence-corrected chi connectivity index (χ2v) is 24.0. The molecule has 5 saturated heterocycles. The summed E-state index contributed by atoms with van der Waals surface area (Å²) in [5.41, 5.74) is 3.80. The molecule has 6 unspecified atom stereocenters. The van der Waals surface area contributed by atoms with Gasteiger partial charge in [0, 0.05) is 78.1 Å². The summed E-state index contributed by atoms with van der Waals surface area (Å²) in [4.78, 5) is 115. The molecular formula is C64H73N7O13S2. The Balaban J connectivity index is 0.000000187. The summed E-state index contributed by atoms with van der Waals surface area (Å²) < 4.78 is 22.7. The number of thioether (sulfide) groups is 2. The van der Waals surface area contributed by atoms with Gasteiger partial charge < -0.3 is 38.6 Å². The summed E-state index contributed by atoms with van der Waals surface area (Å²) in [6.45, 7) is 3.90. The number of hydrogen-bond acceptors (Lipinski definition) is 17. The lowest BCUT2D eigenvalue weighted by molar-refractivity contribution is -0.197. The molecule has 86 heavy (non-hydrogen) atoms. The number of nitrogens with zero attached hydrogens (tertiary/aromatic N) is 5. The van der Waals surface area contributed by atoms with Gasteiger partial charge in [0.2, 0.25) is 11.8 Å². The van der Waals surface area contributed by atoms with Crippen LogP contribution in [-0.2, 0) is 62.5 Å². The summed E-state index contributed by atoms with van der Waals surface area (Å²) in [5.74, 6) is 1.04. The van der Waals surface area contributed by atoms with E-state index in [0.717, 1.165) is 67.4 Å². The number of allylic oxidation sites excluding steroid dienone is 4. The van der Waals surface area contributed by atoms with Gasteiger partial charge in [-0.3, -0.25) is 29.0 Å². The van der Waals surface area contributed by atoms with E-state index in [0.29, 0.717) is 84.7 Å². The van der Waals surface area contributed by atoms with Crippen molar-refractivity contribution < 1.29 is 61.5 Å². The van der Waals surface area contributed by atoms with Crippen molar-refractivity contribution in [2.75, 3.05) is 27.9 Å². The number of Topliss-reactive ketones (excluding diaryl/α,β-unsaturated/α-hetero) is 1. The van der Waals surface area contributed by atoms with Crippen molar-refractivity contribution in [3.05, 3.63) is 133 Å². The number of carbonyl (C=O) groups is 8. The third-order valence-corrected chi connectivity index (χ3v) is 18.2. The van der Waals surface area contributed by atoms with Crippen LogP contribution < -0.4 is 20.4 Å². The van der Waals surface area contributed by atoms with Gasteiger partial charge in [-0.1, -0.05) is 128 Å². The van der Waals surface area contributed by atoms with E-state index in [-0.39, 0.29) is 96.6 Å². The number of carbonyl (C=O) groups excluding carboxylic acids is 8. The van der Waals surface area contributed by atoms with Gasteiger partial charge in [-0.15, -0.1) is 5.06 Å². The topological polar surface area (TPSA) is 250 Å². The maximum atomic E-state index is 13.3. The molecule has 5 aliphatic heterocycles. The second-order valence-electron chi connectivity index (χ2n) is 21.4. The first-order chi connectivity index (χ1) is 41.8. The Morgan fingerprint density at radius 1 is 0.581 bits per heavy atom. The number of amides is 6. The van der Waals surface area contributed by atoms with E-state index in [2.05, 4.69) is 44.9 Å². The molecule has 11 rings (SSSR count). The van der Waals surface area contributed by atoms with Crippen molar-refractivity contribution in [3.63, 3.8) is 0 Å². The minimum absolute atomic E-state index is 0.0331. The number of esters is 2. The van der Waals surface area contributed by atoms with Crippen LogP contribution >= 0.6 is 23.5 Å². The smallest absolute Gasteiger partial charge is 0.333 e. The van der Waals surface area contributed by atoms with Crippen LogP contribution in [0.15, 0.2) is 124 Å². The van der Waals surface area contributed by atoms with E-state index in [9.17, 15) is 38.4 Å². The molecule has 3 aromatic carbocycles. The Labute approximate surface area is 508 Å². The number of hydrogen-bond donors (Lipinski definition) is 2. The van der Waals surface area contributed by atoms with Gasteiger partial charge in [0.15, 0.2) is 11.8 Å². The zero-order valence-corrected chi connectivity index (χ0v) is 50.1. The van der Waals surface area contributed by atoms with Crippen LogP contribution in [0.2, 0.25) is 0 Å². The fourth-order valence-corrected chi connectivity index (χ4v) is 14.1. The molecule has 5 fully saturated rings. The van der Waals surface area contributed by atoms with E-state index in [1.165, 1.54) is 6.92 Å². The van der Waals surface area contributed by atoms with Gasteiger partial charge in [0.1, 0.15) is 23.8 Å². The maximum absolute atomic E-state index is 13.3. The van der Waals surface area contributed by atoms with Crippen molar-refractivity contribution in [1.29, 1.82) is 0 Å². The third kappa shape index (κ3) is 16.5. The third-order valence-electron chi connectivity index (χ3n) is 15.2. The molecule has 0 bridgehead atoms. The summed E-state index contributed by atoms with van der Waals surface area (Å²) in [6.07, 6.45) is 17.3. The van der Waals surface area contributed by atoms with Crippen molar-refractivity contribution in [1.82, 2.24) is 25.7 Å². The number of fused-ring (bicyclic) bond motifs is 2. The lowest BCUT2D eigenvalue weighted by atomic mass is 10.0. The van der Waals surface area contributed by atoms with Gasteiger partial charge in [-0.25, -0.2) is 24.4 Å². The van der Waals surface area contributed by atoms with E-state index in [1.54, 1.807) is 28.5 Å². The first kappa shape index (κ1) is 62.5. The Kier molecular flexibility index (Phi) is 22.5. The van der Waals surface area contributed by atoms with E-state index in [4.69, 9.17) is 23.1 Å². The van der Waals surface area contributed by atoms with Gasteiger partial charge in [0.25, 0.3) is 11.8 Å². The predicted molar refractivity (Wildman–Crippen MR) is 325 cm³/mol. The molecule has 454 valence electrons. The minimum atomic E-state index is -0.602. The number of unbranched alkanes of at least 4 members (excludes halogenated alkanes) is 2.